The molecule has 3 N–H and O–H groups in total. The lowest BCUT2D eigenvalue weighted by atomic mass is 10.1. The fourth-order valence-corrected chi connectivity index (χ4v) is 2.04. The van der Waals surface area contributed by atoms with Gasteiger partial charge >= 0.3 is 0 Å². The van der Waals surface area contributed by atoms with Gasteiger partial charge in [-0.25, -0.2) is 0 Å². The predicted molar refractivity (Wildman–Crippen MR) is 86.1 cm³/mol. The van der Waals surface area contributed by atoms with Crippen molar-refractivity contribution in [2.24, 2.45) is 5.73 Å². The minimum atomic E-state index is -0.141. The third kappa shape index (κ3) is 3.79. The summed E-state index contributed by atoms with van der Waals surface area (Å²) in [4.78, 5) is 12.2. The van der Waals surface area contributed by atoms with Crippen molar-refractivity contribution in [3.63, 3.8) is 0 Å². The van der Waals surface area contributed by atoms with E-state index in [1.54, 1.807) is 18.2 Å². The van der Waals surface area contributed by atoms with Crippen molar-refractivity contribution in [2.45, 2.75) is 6.42 Å². The fourth-order valence-electron chi connectivity index (χ4n) is 1.75. The first-order valence-corrected chi connectivity index (χ1v) is 6.78. The number of carbonyl (C=O) groups excluding carboxylic acids is 1. The number of halogens is 1. The molecule has 0 aliphatic carbocycles. The average molecular weight is 305 g/mol. The normalized spacial score (nSPS) is 10.1. The number of nitrogens with two attached hydrogens (primary N) is 1. The van der Waals surface area contributed by atoms with E-state index in [9.17, 15) is 4.79 Å². The summed E-state index contributed by atoms with van der Waals surface area (Å²) in [6.45, 7) is 0. The smallest absolute Gasteiger partial charge is 0.228 e. The number of hydrogen-bond acceptors (Lipinski definition) is 2. The zero-order valence-electron chi connectivity index (χ0n) is 10.6. The maximum atomic E-state index is 12.0. The van der Waals surface area contributed by atoms with Crippen LogP contribution in [0.15, 0.2) is 48.5 Å². The highest BCUT2D eigenvalue weighted by Gasteiger charge is 2.08. The van der Waals surface area contributed by atoms with Crippen LogP contribution in [0.3, 0.4) is 0 Å². The van der Waals surface area contributed by atoms with Crippen LogP contribution in [0.1, 0.15) is 11.1 Å². The molecule has 0 aliphatic rings. The molecule has 20 heavy (non-hydrogen) atoms. The van der Waals surface area contributed by atoms with Crippen LogP contribution < -0.4 is 11.1 Å². The zero-order valence-corrected chi connectivity index (χ0v) is 12.2. The lowest BCUT2D eigenvalue weighted by molar-refractivity contribution is -0.115. The van der Waals surface area contributed by atoms with Gasteiger partial charge in [0.05, 0.1) is 17.1 Å². The standard InChI is InChI=1S/C15H13ClN2OS/c16-12-7-6-11(15(17)20)9-13(12)18-14(19)8-10-4-2-1-3-5-10/h1-7,9H,8H2,(H2,17,20)(H,18,19). The Morgan fingerprint density at radius 2 is 1.90 bits per heavy atom. The van der Waals surface area contributed by atoms with Crippen LogP contribution in [-0.4, -0.2) is 10.9 Å². The SMILES string of the molecule is NC(=S)c1ccc(Cl)c(NC(=O)Cc2ccccc2)c1. The van der Waals surface area contributed by atoms with E-state index in [0.717, 1.165) is 5.56 Å². The van der Waals surface area contributed by atoms with E-state index >= 15 is 0 Å². The number of benzene rings is 2. The summed E-state index contributed by atoms with van der Waals surface area (Å²) >= 11 is 11.0. The maximum absolute atomic E-state index is 12.0. The molecule has 1 amide bonds. The molecule has 5 heteroatoms. The maximum Gasteiger partial charge on any atom is 0.228 e. The molecule has 0 heterocycles. The monoisotopic (exact) mass is 304 g/mol. The van der Waals surface area contributed by atoms with Crippen molar-refractivity contribution in [1.82, 2.24) is 0 Å². The zero-order chi connectivity index (χ0) is 14.5. The molecule has 0 bridgehead atoms. The Morgan fingerprint density at radius 3 is 2.55 bits per heavy atom. The topological polar surface area (TPSA) is 55.1 Å². The average Bonchev–Trinajstić information content (AvgIpc) is 2.42. The molecule has 2 rings (SSSR count). The first-order valence-electron chi connectivity index (χ1n) is 5.99. The van der Waals surface area contributed by atoms with Gasteiger partial charge in [0.15, 0.2) is 0 Å². The Hall–Kier alpha value is -1.91. The first-order chi connectivity index (χ1) is 9.56. The van der Waals surface area contributed by atoms with Crippen LogP contribution in [0.25, 0.3) is 0 Å². The molecule has 0 fully saturated rings. The molecule has 2 aromatic rings. The van der Waals surface area contributed by atoms with Gasteiger partial charge in [0, 0.05) is 5.56 Å². The third-order valence-electron chi connectivity index (χ3n) is 2.73. The van der Waals surface area contributed by atoms with Crippen LogP contribution in [-0.2, 0) is 11.2 Å². The number of rotatable bonds is 4. The number of carbonyl (C=O) groups is 1. The van der Waals surface area contributed by atoms with E-state index in [0.29, 0.717) is 16.3 Å². The summed E-state index contributed by atoms with van der Waals surface area (Å²) in [5, 5.41) is 3.22. The van der Waals surface area contributed by atoms with Gasteiger partial charge in [-0.05, 0) is 17.7 Å². The lowest BCUT2D eigenvalue weighted by Crippen LogP contribution is -2.16. The van der Waals surface area contributed by atoms with Crippen molar-refractivity contribution in [3.05, 3.63) is 64.7 Å². The second-order valence-electron chi connectivity index (χ2n) is 4.27. The summed E-state index contributed by atoms with van der Waals surface area (Å²) in [5.74, 6) is -0.141. The van der Waals surface area contributed by atoms with Crippen LogP contribution in [0.2, 0.25) is 5.02 Å². The molecule has 0 radical (unpaired) electrons. The molecule has 0 aromatic heterocycles. The lowest BCUT2D eigenvalue weighted by Gasteiger charge is -2.09. The van der Waals surface area contributed by atoms with Crippen LogP contribution in [0, 0.1) is 0 Å². The van der Waals surface area contributed by atoms with Crippen molar-refractivity contribution < 1.29 is 4.79 Å². The van der Waals surface area contributed by atoms with Gasteiger partial charge < -0.3 is 11.1 Å². The molecular formula is C15H13ClN2OS. The molecule has 0 saturated heterocycles. The Balaban J connectivity index is 2.11. The van der Waals surface area contributed by atoms with Gasteiger partial charge in [-0.15, -0.1) is 0 Å². The van der Waals surface area contributed by atoms with Crippen LogP contribution >= 0.6 is 23.8 Å². The molecule has 0 aliphatic heterocycles. The molecule has 2 aromatic carbocycles. The van der Waals surface area contributed by atoms with Crippen molar-refractivity contribution >= 4 is 40.4 Å². The number of nitrogens with one attached hydrogen (secondary N) is 1. The number of amides is 1. The van der Waals surface area contributed by atoms with E-state index in [1.165, 1.54) is 0 Å². The van der Waals surface area contributed by atoms with E-state index in [2.05, 4.69) is 5.32 Å². The quantitative estimate of drug-likeness (QED) is 0.853. The van der Waals surface area contributed by atoms with Gasteiger partial charge in [0.25, 0.3) is 0 Å². The highest BCUT2D eigenvalue weighted by molar-refractivity contribution is 7.80. The molecule has 0 atom stereocenters. The summed E-state index contributed by atoms with van der Waals surface area (Å²) in [5.41, 5.74) is 7.68. The van der Waals surface area contributed by atoms with E-state index in [1.807, 2.05) is 30.3 Å². The number of hydrogen-bond donors (Lipinski definition) is 2. The van der Waals surface area contributed by atoms with Gasteiger partial charge in [-0.2, -0.15) is 0 Å². The summed E-state index contributed by atoms with van der Waals surface area (Å²) in [7, 11) is 0. The van der Waals surface area contributed by atoms with Gasteiger partial charge in [-0.3, -0.25) is 4.79 Å². The predicted octanol–water partition coefficient (Wildman–Crippen LogP) is 3.16. The fraction of sp³-hybridized carbons (Fsp3) is 0.0667. The van der Waals surface area contributed by atoms with Gasteiger partial charge in [0.2, 0.25) is 5.91 Å². The minimum absolute atomic E-state index is 0.141. The molecule has 102 valence electrons. The second-order valence-corrected chi connectivity index (χ2v) is 5.12. The highest BCUT2D eigenvalue weighted by atomic mass is 35.5. The number of anilines is 1. The van der Waals surface area contributed by atoms with E-state index in [4.69, 9.17) is 29.6 Å². The molecule has 0 saturated carbocycles. The van der Waals surface area contributed by atoms with Gasteiger partial charge in [0.1, 0.15) is 4.99 Å². The Kier molecular flexibility index (Phi) is 4.71. The van der Waals surface area contributed by atoms with Crippen molar-refractivity contribution in [1.29, 1.82) is 0 Å². The van der Waals surface area contributed by atoms with Gasteiger partial charge in [-0.1, -0.05) is 60.2 Å². The van der Waals surface area contributed by atoms with E-state index in [-0.39, 0.29) is 17.3 Å². The molecule has 0 spiro atoms. The van der Waals surface area contributed by atoms with Crippen LogP contribution in [0.4, 0.5) is 5.69 Å². The Morgan fingerprint density at radius 1 is 1.20 bits per heavy atom. The third-order valence-corrected chi connectivity index (χ3v) is 3.30. The summed E-state index contributed by atoms with van der Waals surface area (Å²) < 4.78 is 0. The minimum Gasteiger partial charge on any atom is -0.389 e. The van der Waals surface area contributed by atoms with E-state index < -0.39 is 0 Å². The Labute approximate surface area is 127 Å². The van der Waals surface area contributed by atoms with Crippen molar-refractivity contribution in [3.8, 4) is 0 Å². The van der Waals surface area contributed by atoms with Crippen molar-refractivity contribution in [2.75, 3.05) is 5.32 Å². The summed E-state index contributed by atoms with van der Waals surface area (Å²) in [6.07, 6.45) is 0.286. The summed E-state index contributed by atoms with van der Waals surface area (Å²) in [6, 6.07) is 14.5. The Bertz CT molecular complexity index is 644. The largest absolute Gasteiger partial charge is 0.389 e. The highest BCUT2D eigenvalue weighted by Crippen LogP contribution is 2.23. The molecular weight excluding hydrogens is 292 g/mol. The van der Waals surface area contributed by atoms with Crippen LogP contribution in [0.5, 0.6) is 0 Å². The second kappa shape index (κ2) is 6.50. The molecule has 0 unspecified atom stereocenters. The number of thiocarbonyl (C=S) groups is 1. The first kappa shape index (κ1) is 14.5. The molecule has 3 nitrogen and oxygen atoms in total.